The lowest BCUT2D eigenvalue weighted by molar-refractivity contribution is 0.136. The molecule has 0 heterocycles. The Morgan fingerprint density at radius 3 is 2.45 bits per heavy atom. The summed E-state index contributed by atoms with van der Waals surface area (Å²) in [6.45, 7) is 2.09. The van der Waals surface area contributed by atoms with Gasteiger partial charge in [-0.25, -0.2) is 4.39 Å². The summed E-state index contributed by atoms with van der Waals surface area (Å²) in [7, 11) is 1.57. The minimum atomic E-state index is -0.240. The summed E-state index contributed by atoms with van der Waals surface area (Å²) >= 11 is 1.81. The van der Waals surface area contributed by atoms with Crippen molar-refractivity contribution in [2.45, 2.75) is 18.2 Å². The molecule has 4 heteroatoms. The van der Waals surface area contributed by atoms with E-state index in [1.807, 2.05) is 11.8 Å². The Hall–Kier alpha value is -1.78. The number of aryl methyl sites for hydroxylation is 1. The van der Waals surface area contributed by atoms with Gasteiger partial charge in [0.2, 0.25) is 0 Å². The second-order valence-corrected chi connectivity index (χ2v) is 6.05. The molecule has 0 aromatic heterocycles. The summed E-state index contributed by atoms with van der Waals surface area (Å²) in [5.41, 5.74) is 5.88. The second-order valence-electron chi connectivity index (χ2n) is 4.88. The van der Waals surface area contributed by atoms with Crippen LogP contribution in [0, 0.1) is 12.7 Å². The first kappa shape index (κ1) is 16.6. The van der Waals surface area contributed by atoms with E-state index in [0.717, 1.165) is 23.4 Å². The Morgan fingerprint density at radius 1 is 1.14 bits per heavy atom. The number of hydrogen-bond donors (Lipinski definition) is 1. The van der Waals surface area contributed by atoms with E-state index < -0.39 is 0 Å². The highest BCUT2D eigenvalue weighted by Gasteiger charge is 2.01. The molecule has 0 saturated carbocycles. The third-order valence-electron chi connectivity index (χ3n) is 3.12. The van der Waals surface area contributed by atoms with Crippen molar-refractivity contribution in [1.29, 1.82) is 0 Å². The number of rotatable bonds is 7. The van der Waals surface area contributed by atoms with Gasteiger partial charge in [0.05, 0.1) is 12.8 Å². The van der Waals surface area contributed by atoms with Gasteiger partial charge in [0.25, 0.3) is 0 Å². The molecule has 0 radical (unpaired) electrons. The molecule has 0 amide bonds. The highest BCUT2D eigenvalue weighted by Crippen LogP contribution is 2.20. The van der Waals surface area contributed by atoms with Crippen LogP contribution in [-0.2, 0) is 4.84 Å². The molecule has 1 N–H and O–H groups in total. The normalized spacial score (nSPS) is 11.5. The molecule has 0 bridgehead atoms. The van der Waals surface area contributed by atoms with Gasteiger partial charge in [-0.05, 0) is 55.3 Å². The van der Waals surface area contributed by atoms with E-state index in [0.29, 0.717) is 0 Å². The molecule has 0 unspecified atom stereocenters. The molecule has 2 rings (SSSR count). The lowest BCUT2D eigenvalue weighted by Crippen LogP contribution is -2.10. The second kappa shape index (κ2) is 8.61. The SMILES string of the molecule is CONC(=CCCSc1ccc(C)cc1)c1ccc(F)cc1. The summed E-state index contributed by atoms with van der Waals surface area (Å²) in [6, 6.07) is 14.9. The maximum Gasteiger partial charge on any atom is 0.123 e. The number of benzene rings is 2. The highest BCUT2D eigenvalue weighted by molar-refractivity contribution is 7.99. The van der Waals surface area contributed by atoms with Crippen molar-refractivity contribution >= 4 is 17.5 Å². The van der Waals surface area contributed by atoms with Crippen LogP contribution in [0.1, 0.15) is 17.5 Å². The average molecular weight is 317 g/mol. The molecule has 0 atom stereocenters. The Balaban J connectivity index is 1.92. The Morgan fingerprint density at radius 2 is 1.82 bits per heavy atom. The average Bonchev–Trinajstić information content (AvgIpc) is 2.53. The summed E-state index contributed by atoms with van der Waals surface area (Å²) < 4.78 is 13.0. The molecular formula is C18H20FNOS. The summed E-state index contributed by atoms with van der Waals surface area (Å²) in [6.07, 6.45) is 2.96. The molecule has 0 spiro atoms. The van der Waals surface area contributed by atoms with Gasteiger partial charge in [0, 0.05) is 10.6 Å². The monoisotopic (exact) mass is 317 g/mol. The standard InChI is InChI=1S/C18H20FNOS/c1-14-5-11-17(12-6-14)22-13-3-4-18(20-21-2)15-7-9-16(19)10-8-15/h4-12,20H,3,13H2,1-2H3. The van der Waals surface area contributed by atoms with E-state index in [9.17, 15) is 4.39 Å². The molecule has 22 heavy (non-hydrogen) atoms. The first-order valence-corrected chi connectivity index (χ1v) is 8.12. The van der Waals surface area contributed by atoms with Crippen LogP contribution in [0.3, 0.4) is 0 Å². The highest BCUT2D eigenvalue weighted by atomic mass is 32.2. The van der Waals surface area contributed by atoms with Gasteiger partial charge < -0.3 is 0 Å². The molecular weight excluding hydrogens is 297 g/mol. The van der Waals surface area contributed by atoms with Crippen molar-refractivity contribution in [3.05, 3.63) is 71.6 Å². The van der Waals surface area contributed by atoms with Crippen LogP contribution in [0.4, 0.5) is 4.39 Å². The van der Waals surface area contributed by atoms with E-state index in [2.05, 4.69) is 42.7 Å². The van der Waals surface area contributed by atoms with E-state index in [1.54, 1.807) is 19.2 Å². The van der Waals surface area contributed by atoms with Gasteiger partial charge in [-0.15, -0.1) is 11.8 Å². The van der Waals surface area contributed by atoms with Crippen LogP contribution < -0.4 is 5.48 Å². The molecule has 2 aromatic rings. The molecule has 0 aliphatic rings. The number of hydroxylamine groups is 1. The van der Waals surface area contributed by atoms with Crippen LogP contribution in [0.15, 0.2) is 59.5 Å². The van der Waals surface area contributed by atoms with Crippen LogP contribution in [0.2, 0.25) is 0 Å². The number of halogens is 1. The lowest BCUT2D eigenvalue weighted by atomic mass is 10.1. The molecule has 0 saturated heterocycles. The zero-order chi connectivity index (χ0) is 15.8. The number of allylic oxidation sites excluding steroid dienone is 1. The predicted molar refractivity (Wildman–Crippen MR) is 91.0 cm³/mol. The molecule has 0 fully saturated rings. The number of hydrogen-bond acceptors (Lipinski definition) is 3. The van der Waals surface area contributed by atoms with Crippen molar-refractivity contribution in [1.82, 2.24) is 5.48 Å². The van der Waals surface area contributed by atoms with Crippen LogP contribution >= 0.6 is 11.8 Å². The van der Waals surface area contributed by atoms with E-state index in [-0.39, 0.29) is 5.82 Å². The van der Waals surface area contributed by atoms with Crippen LogP contribution in [-0.4, -0.2) is 12.9 Å². The fourth-order valence-corrected chi connectivity index (χ4v) is 2.77. The zero-order valence-electron chi connectivity index (χ0n) is 12.8. The molecule has 2 nitrogen and oxygen atoms in total. The Labute approximate surface area is 135 Å². The fraction of sp³-hybridized carbons (Fsp3) is 0.222. The van der Waals surface area contributed by atoms with Crippen molar-refractivity contribution < 1.29 is 9.23 Å². The van der Waals surface area contributed by atoms with Gasteiger partial charge in [-0.3, -0.25) is 10.3 Å². The summed E-state index contributed by atoms with van der Waals surface area (Å²) in [5, 5.41) is 0. The van der Waals surface area contributed by atoms with Crippen LogP contribution in [0.25, 0.3) is 5.70 Å². The van der Waals surface area contributed by atoms with Gasteiger partial charge in [-0.2, -0.15) is 0 Å². The molecule has 0 aliphatic heterocycles. The van der Waals surface area contributed by atoms with Crippen molar-refractivity contribution in [2.24, 2.45) is 0 Å². The van der Waals surface area contributed by atoms with Crippen LogP contribution in [0.5, 0.6) is 0 Å². The third-order valence-corrected chi connectivity index (χ3v) is 4.17. The van der Waals surface area contributed by atoms with Crippen molar-refractivity contribution in [3.63, 3.8) is 0 Å². The maximum atomic E-state index is 13.0. The van der Waals surface area contributed by atoms with Gasteiger partial charge in [0.1, 0.15) is 5.82 Å². The van der Waals surface area contributed by atoms with Crippen molar-refractivity contribution in [2.75, 3.05) is 12.9 Å². The minimum absolute atomic E-state index is 0.240. The van der Waals surface area contributed by atoms with Gasteiger partial charge in [-0.1, -0.05) is 23.8 Å². The Kier molecular flexibility index (Phi) is 6.49. The number of nitrogens with one attached hydrogen (secondary N) is 1. The molecule has 0 aliphatic carbocycles. The molecule has 116 valence electrons. The summed E-state index contributed by atoms with van der Waals surface area (Å²) in [4.78, 5) is 6.26. The van der Waals surface area contributed by atoms with Gasteiger partial charge >= 0.3 is 0 Å². The summed E-state index contributed by atoms with van der Waals surface area (Å²) in [5.74, 6) is 0.731. The smallest absolute Gasteiger partial charge is 0.123 e. The fourth-order valence-electron chi connectivity index (χ4n) is 1.97. The predicted octanol–water partition coefficient (Wildman–Crippen LogP) is 4.81. The quantitative estimate of drug-likeness (QED) is 0.450. The van der Waals surface area contributed by atoms with Gasteiger partial charge in [0.15, 0.2) is 0 Å². The zero-order valence-corrected chi connectivity index (χ0v) is 13.6. The first-order valence-electron chi connectivity index (χ1n) is 7.13. The van der Waals surface area contributed by atoms with Crippen molar-refractivity contribution in [3.8, 4) is 0 Å². The number of thioether (sulfide) groups is 1. The maximum absolute atomic E-state index is 13.0. The first-order chi connectivity index (χ1) is 10.7. The van der Waals surface area contributed by atoms with E-state index in [1.165, 1.54) is 22.6 Å². The minimum Gasteiger partial charge on any atom is -0.279 e. The van der Waals surface area contributed by atoms with E-state index >= 15 is 0 Å². The topological polar surface area (TPSA) is 21.3 Å². The largest absolute Gasteiger partial charge is 0.279 e. The lowest BCUT2D eigenvalue weighted by Gasteiger charge is -2.09. The van der Waals surface area contributed by atoms with E-state index in [4.69, 9.17) is 4.84 Å². The third kappa shape index (κ3) is 5.20. The Bertz CT molecular complexity index is 608. The molecule has 2 aromatic carbocycles.